The predicted molar refractivity (Wildman–Crippen MR) is 95.8 cm³/mol. The van der Waals surface area contributed by atoms with Crippen molar-refractivity contribution in [3.8, 4) is 17.5 Å². The van der Waals surface area contributed by atoms with Crippen LogP contribution in [0.5, 0.6) is 0 Å². The standard InChI is InChI=1S/C18H17N5OS/c1-24-11-10-23-17(14-6-8-20-9-7-14)21-22-18(23)25-13-16-5-3-2-4-15(16)12-19/h2-9H,10-11,13H2,1H3. The molecule has 1 aromatic carbocycles. The number of aromatic nitrogens is 4. The van der Waals surface area contributed by atoms with Gasteiger partial charge in [-0.3, -0.25) is 9.55 Å². The fraction of sp³-hybridized carbons (Fsp3) is 0.222. The van der Waals surface area contributed by atoms with Gasteiger partial charge < -0.3 is 4.74 Å². The third-order valence-electron chi connectivity index (χ3n) is 3.67. The van der Waals surface area contributed by atoms with Crippen LogP contribution in [0, 0.1) is 11.3 Å². The molecule has 126 valence electrons. The Morgan fingerprint density at radius 3 is 2.72 bits per heavy atom. The second-order valence-electron chi connectivity index (χ2n) is 5.24. The summed E-state index contributed by atoms with van der Waals surface area (Å²) in [5, 5.41) is 18.7. The highest BCUT2D eigenvalue weighted by Gasteiger charge is 2.15. The smallest absolute Gasteiger partial charge is 0.191 e. The molecule has 7 heteroatoms. The molecule has 2 heterocycles. The van der Waals surface area contributed by atoms with E-state index >= 15 is 0 Å². The molecule has 0 N–H and O–H groups in total. The first-order valence-corrected chi connectivity index (χ1v) is 8.75. The molecule has 0 aliphatic rings. The number of benzene rings is 1. The molecule has 0 unspecified atom stereocenters. The van der Waals surface area contributed by atoms with Crippen molar-refractivity contribution in [3.05, 3.63) is 59.9 Å². The Morgan fingerprint density at radius 2 is 1.96 bits per heavy atom. The van der Waals surface area contributed by atoms with Gasteiger partial charge in [0.1, 0.15) is 0 Å². The van der Waals surface area contributed by atoms with Gasteiger partial charge in [0.05, 0.1) is 24.8 Å². The van der Waals surface area contributed by atoms with Crippen molar-refractivity contribution in [1.82, 2.24) is 19.7 Å². The molecule has 0 amide bonds. The molecule has 0 aliphatic heterocycles. The van der Waals surface area contributed by atoms with Crippen molar-refractivity contribution in [3.63, 3.8) is 0 Å². The minimum Gasteiger partial charge on any atom is -0.383 e. The fourth-order valence-corrected chi connectivity index (χ4v) is 3.36. The number of nitriles is 1. The molecule has 0 spiro atoms. The maximum atomic E-state index is 9.22. The summed E-state index contributed by atoms with van der Waals surface area (Å²) in [6, 6.07) is 13.6. The highest BCUT2D eigenvalue weighted by atomic mass is 32.2. The number of thioether (sulfide) groups is 1. The Hall–Kier alpha value is -2.69. The SMILES string of the molecule is COCCn1c(SCc2ccccc2C#N)nnc1-c1ccncc1. The first kappa shape index (κ1) is 17.1. The van der Waals surface area contributed by atoms with E-state index in [0.717, 1.165) is 22.1 Å². The van der Waals surface area contributed by atoms with Crippen molar-refractivity contribution in [1.29, 1.82) is 5.26 Å². The molecule has 0 saturated carbocycles. The molecular weight excluding hydrogens is 334 g/mol. The quantitative estimate of drug-likeness (QED) is 0.609. The van der Waals surface area contributed by atoms with Crippen LogP contribution in [-0.4, -0.2) is 33.5 Å². The van der Waals surface area contributed by atoms with Crippen LogP contribution in [0.4, 0.5) is 0 Å². The van der Waals surface area contributed by atoms with Crippen LogP contribution >= 0.6 is 11.8 Å². The van der Waals surface area contributed by atoms with Crippen LogP contribution < -0.4 is 0 Å². The van der Waals surface area contributed by atoms with Gasteiger partial charge in [0, 0.05) is 30.8 Å². The lowest BCUT2D eigenvalue weighted by Gasteiger charge is -2.10. The van der Waals surface area contributed by atoms with Crippen molar-refractivity contribution in [2.24, 2.45) is 0 Å². The molecule has 0 fully saturated rings. The third kappa shape index (κ3) is 4.05. The molecule has 0 radical (unpaired) electrons. The monoisotopic (exact) mass is 351 g/mol. The second-order valence-corrected chi connectivity index (χ2v) is 6.19. The van der Waals surface area contributed by atoms with Crippen molar-refractivity contribution < 1.29 is 4.74 Å². The predicted octanol–water partition coefficient (Wildman–Crippen LogP) is 3.15. The Morgan fingerprint density at radius 1 is 1.16 bits per heavy atom. The number of rotatable bonds is 7. The summed E-state index contributed by atoms with van der Waals surface area (Å²) < 4.78 is 7.26. The van der Waals surface area contributed by atoms with Gasteiger partial charge in [-0.1, -0.05) is 30.0 Å². The van der Waals surface area contributed by atoms with Gasteiger partial charge in [0.25, 0.3) is 0 Å². The number of hydrogen-bond donors (Lipinski definition) is 0. The van der Waals surface area contributed by atoms with E-state index in [4.69, 9.17) is 4.74 Å². The molecule has 0 aliphatic carbocycles. The van der Waals surface area contributed by atoms with Gasteiger partial charge in [-0.05, 0) is 23.8 Å². The van der Waals surface area contributed by atoms with Crippen LogP contribution in [0.25, 0.3) is 11.4 Å². The zero-order chi connectivity index (χ0) is 17.5. The fourth-order valence-electron chi connectivity index (χ4n) is 2.39. The van der Waals surface area contributed by atoms with Gasteiger partial charge in [-0.2, -0.15) is 5.26 Å². The zero-order valence-electron chi connectivity index (χ0n) is 13.8. The Kier molecular flexibility index (Phi) is 5.77. The van der Waals surface area contributed by atoms with Crippen LogP contribution in [0.15, 0.2) is 53.9 Å². The Bertz CT molecular complexity index is 873. The van der Waals surface area contributed by atoms with Crippen LogP contribution in [0.1, 0.15) is 11.1 Å². The van der Waals surface area contributed by atoms with E-state index in [2.05, 4.69) is 21.3 Å². The normalized spacial score (nSPS) is 10.6. The third-order valence-corrected chi connectivity index (χ3v) is 4.68. The van der Waals surface area contributed by atoms with E-state index in [9.17, 15) is 5.26 Å². The largest absolute Gasteiger partial charge is 0.383 e. The van der Waals surface area contributed by atoms with E-state index in [1.54, 1.807) is 31.3 Å². The second kappa shape index (κ2) is 8.42. The first-order valence-electron chi connectivity index (χ1n) is 7.77. The number of pyridine rings is 1. The molecule has 0 saturated heterocycles. The minimum atomic E-state index is 0.568. The molecule has 2 aromatic heterocycles. The van der Waals surface area contributed by atoms with Gasteiger partial charge in [0.15, 0.2) is 11.0 Å². The van der Waals surface area contributed by atoms with E-state index in [1.807, 2.05) is 41.0 Å². The molecule has 3 aromatic rings. The lowest BCUT2D eigenvalue weighted by atomic mass is 10.1. The zero-order valence-corrected chi connectivity index (χ0v) is 14.6. The lowest BCUT2D eigenvalue weighted by molar-refractivity contribution is 0.185. The van der Waals surface area contributed by atoms with Crippen molar-refractivity contribution in [2.45, 2.75) is 17.5 Å². The Labute approximate surface area is 150 Å². The minimum absolute atomic E-state index is 0.568. The topological polar surface area (TPSA) is 76.6 Å². The lowest BCUT2D eigenvalue weighted by Crippen LogP contribution is -2.07. The van der Waals surface area contributed by atoms with E-state index in [-0.39, 0.29) is 0 Å². The summed E-state index contributed by atoms with van der Waals surface area (Å²) in [5.41, 5.74) is 2.64. The van der Waals surface area contributed by atoms with E-state index in [0.29, 0.717) is 24.5 Å². The first-order chi connectivity index (χ1) is 12.3. The van der Waals surface area contributed by atoms with Gasteiger partial charge >= 0.3 is 0 Å². The summed E-state index contributed by atoms with van der Waals surface area (Å²) >= 11 is 1.56. The average molecular weight is 351 g/mol. The summed E-state index contributed by atoms with van der Waals surface area (Å²) in [5.74, 6) is 1.45. The van der Waals surface area contributed by atoms with Gasteiger partial charge in [-0.15, -0.1) is 10.2 Å². The van der Waals surface area contributed by atoms with Crippen LogP contribution in [0.2, 0.25) is 0 Å². The summed E-state index contributed by atoms with van der Waals surface area (Å²) in [7, 11) is 1.67. The average Bonchev–Trinajstić information content (AvgIpc) is 3.08. The number of hydrogen-bond acceptors (Lipinski definition) is 6. The Balaban J connectivity index is 1.86. The number of ether oxygens (including phenoxy) is 1. The van der Waals surface area contributed by atoms with Gasteiger partial charge in [0.2, 0.25) is 0 Å². The summed E-state index contributed by atoms with van der Waals surface area (Å²) in [6.07, 6.45) is 3.47. The molecule has 0 bridgehead atoms. The molecule has 0 atom stereocenters. The number of methoxy groups -OCH3 is 1. The molecule has 3 rings (SSSR count). The van der Waals surface area contributed by atoms with E-state index in [1.165, 1.54) is 0 Å². The van der Waals surface area contributed by atoms with Gasteiger partial charge in [-0.25, -0.2) is 0 Å². The van der Waals surface area contributed by atoms with Crippen molar-refractivity contribution >= 4 is 11.8 Å². The maximum absolute atomic E-state index is 9.22. The maximum Gasteiger partial charge on any atom is 0.191 e. The molecular formula is C18H17N5OS. The highest BCUT2D eigenvalue weighted by Crippen LogP contribution is 2.27. The highest BCUT2D eigenvalue weighted by molar-refractivity contribution is 7.98. The summed E-state index contributed by atoms with van der Waals surface area (Å²) in [6.45, 7) is 1.22. The van der Waals surface area contributed by atoms with Crippen LogP contribution in [-0.2, 0) is 17.0 Å². The van der Waals surface area contributed by atoms with Crippen LogP contribution in [0.3, 0.4) is 0 Å². The van der Waals surface area contributed by atoms with E-state index < -0.39 is 0 Å². The number of nitrogens with zero attached hydrogens (tertiary/aromatic N) is 5. The molecule has 6 nitrogen and oxygen atoms in total. The summed E-state index contributed by atoms with van der Waals surface area (Å²) in [4.78, 5) is 4.05. The molecule has 25 heavy (non-hydrogen) atoms. The van der Waals surface area contributed by atoms with Crippen molar-refractivity contribution in [2.75, 3.05) is 13.7 Å².